The monoisotopic (exact) mass is 201 g/mol. The van der Waals surface area contributed by atoms with Crippen molar-refractivity contribution in [1.82, 2.24) is 4.90 Å². The average molecular weight is 201 g/mol. The first-order chi connectivity index (χ1) is 7.11. The highest BCUT2D eigenvalue weighted by Gasteiger charge is 2.31. The van der Waals surface area contributed by atoms with Crippen LogP contribution >= 0.6 is 0 Å². The van der Waals surface area contributed by atoms with Crippen molar-refractivity contribution in [2.45, 2.75) is 32.2 Å². The summed E-state index contributed by atoms with van der Waals surface area (Å²) in [5.41, 5.74) is 4.14. The quantitative estimate of drug-likeness (QED) is 0.673. The van der Waals surface area contributed by atoms with Gasteiger partial charge in [0.25, 0.3) is 0 Å². The molecule has 1 aliphatic heterocycles. The van der Waals surface area contributed by atoms with Crippen LogP contribution in [0.2, 0.25) is 0 Å². The third-order valence-corrected chi connectivity index (χ3v) is 3.74. The number of benzene rings is 1. The van der Waals surface area contributed by atoms with Crippen molar-refractivity contribution >= 4 is 0 Å². The lowest BCUT2D eigenvalue weighted by atomic mass is 9.89. The van der Waals surface area contributed by atoms with Gasteiger partial charge in [0.15, 0.2) is 0 Å². The van der Waals surface area contributed by atoms with Crippen LogP contribution in [0.4, 0.5) is 0 Å². The van der Waals surface area contributed by atoms with Gasteiger partial charge in [-0.1, -0.05) is 30.8 Å². The smallest absolute Gasteiger partial charge is 0.0327 e. The highest BCUT2D eigenvalue weighted by molar-refractivity contribution is 5.33. The largest absolute Gasteiger partial charge is 0.375 e. The number of hydrogen-bond acceptors (Lipinski definition) is 1. The van der Waals surface area contributed by atoms with Crippen LogP contribution < -0.4 is 0 Å². The molecule has 1 heterocycles. The second-order valence-electron chi connectivity index (χ2n) is 4.58. The highest BCUT2D eigenvalue weighted by atomic mass is 15.2. The van der Waals surface area contributed by atoms with Crippen molar-refractivity contribution in [1.29, 1.82) is 0 Å². The van der Waals surface area contributed by atoms with Crippen molar-refractivity contribution in [3.05, 3.63) is 47.7 Å². The first-order valence-electron chi connectivity index (χ1n) is 5.57. The summed E-state index contributed by atoms with van der Waals surface area (Å²) in [6, 6.07) is 9.26. The fourth-order valence-electron chi connectivity index (χ4n) is 2.50. The van der Waals surface area contributed by atoms with E-state index in [-0.39, 0.29) is 0 Å². The van der Waals surface area contributed by atoms with Crippen LogP contribution in [0.5, 0.6) is 0 Å². The number of allylic oxidation sites excluding steroid dienone is 1. The van der Waals surface area contributed by atoms with Gasteiger partial charge in [-0.05, 0) is 31.4 Å². The second kappa shape index (κ2) is 3.73. The molecule has 1 nitrogen and oxygen atoms in total. The standard InChI is InChI=1S/C14H19N/c1-10-7-5-6-8-13(10)14-9-11(2)15(4)12(14)3/h5-8,12,14H,2,9H2,1,3-4H3. The molecule has 1 fully saturated rings. The fraction of sp³-hybridized carbons (Fsp3) is 0.429. The van der Waals surface area contributed by atoms with Crippen LogP contribution in [0.25, 0.3) is 0 Å². The Morgan fingerprint density at radius 2 is 2.00 bits per heavy atom. The van der Waals surface area contributed by atoms with E-state index in [9.17, 15) is 0 Å². The van der Waals surface area contributed by atoms with E-state index in [0.29, 0.717) is 12.0 Å². The maximum atomic E-state index is 4.12. The zero-order valence-corrected chi connectivity index (χ0v) is 9.83. The van der Waals surface area contributed by atoms with Gasteiger partial charge in [-0.2, -0.15) is 0 Å². The first kappa shape index (κ1) is 10.3. The molecule has 15 heavy (non-hydrogen) atoms. The van der Waals surface area contributed by atoms with Gasteiger partial charge in [-0.3, -0.25) is 0 Å². The van der Waals surface area contributed by atoms with Gasteiger partial charge in [-0.15, -0.1) is 0 Å². The molecule has 0 spiro atoms. The van der Waals surface area contributed by atoms with Crippen LogP contribution in [0, 0.1) is 6.92 Å². The Morgan fingerprint density at radius 3 is 2.53 bits per heavy atom. The van der Waals surface area contributed by atoms with E-state index in [1.54, 1.807) is 0 Å². The number of rotatable bonds is 1. The van der Waals surface area contributed by atoms with E-state index < -0.39 is 0 Å². The summed E-state index contributed by atoms with van der Waals surface area (Å²) >= 11 is 0. The van der Waals surface area contributed by atoms with Gasteiger partial charge in [0.05, 0.1) is 0 Å². The Labute approximate surface area is 92.4 Å². The Balaban J connectivity index is 2.34. The molecule has 1 aromatic carbocycles. The number of nitrogens with zero attached hydrogens (tertiary/aromatic N) is 1. The minimum atomic E-state index is 0.568. The minimum Gasteiger partial charge on any atom is -0.375 e. The molecule has 1 aliphatic rings. The van der Waals surface area contributed by atoms with Crippen LogP contribution in [-0.2, 0) is 0 Å². The number of hydrogen-bond donors (Lipinski definition) is 0. The van der Waals surface area contributed by atoms with E-state index in [1.807, 2.05) is 0 Å². The van der Waals surface area contributed by atoms with Crippen LogP contribution in [0.15, 0.2) is 36.5 Å². The maximum Gasteiger partial charge on any atom is 0.0327 e. The number of likely N-dealkylation sites (N-methyl/N-ethyl adjacent to an activating group) is 1. The Morgan fingerprint density at radius 1 is 1.33 bits per heavy atom. The van der Waals surface area contributed by atoms with Gasteiger partial charge < -0.3 is 4.90 Å². The fourth-order valence-corrected chi connectivity index (χ4v) is 2.50. The zero-order chi connectivity index (χ0) is 11.0. The molecule has 2 unspecified atom stereocenters. The van der Waals surface area contributed by atoms with Crippen LogP contribution in [0.1, 0.15) is 30.4 Å². The lowest BCUT2D eigenvalue weighted by molar-refractivity contribution is 0.356. The molecule has 0 aliphatic carbocycles. The lowest BCUT2D eigenvalue weighted by Gasteiger charge is -2.23. The van der Waals surface area contributed by atoms with Gasteiger partial charge in [-0.25, -0.2) is 0 Å². The van der Waals surface area contributed by atoms with E-state index in [1.165, 1.54) is 16.8 Å². The third-order valence-electron chi connectivity index (χ3n) is 3.74. The van der Waals surface area contributed by atoms with Crippen molar-refractivity contribution in [3.8, 4) is 0 Å². The molecule has 1 heteroatoms. The van der Waals surface area contributed by atoms with Gasteiger partial charge in [0.1, 0.15) is 0 Å². The van der Waals surface area contributed by atoms with E-state index in [0.717, 1.165) is 6.42 Å². The number of aryl methyl sites for hydroxylation is 1. The van der Waals surface area contributed by atoms with Crippen molar-refractivity contribution in [2.75, 3.05) is 7.05 Å². The first-order valence-corrected chi connectivity index (χ1v) is 5.57. The predicted molar refractivity (Wildman–Crippen MR) is 64.9 cm³/mol. The highest BCUT2D eigenvalue weighted by Crippen LogP contribution is 2.38. The second-order valence-corrected chi connectivity index (χ2v) is 4.58. The molecule has 0 saturated carbocycles. The Hall–Kier alpha value is -1.24. The predicted octanol–water partition coefficient (Wildman–Crippen LogP) is 3.32. The molecule has 80 valence electrons. The van der Waals surface area contributed by atoms with E-state index in [2.05, 4.69) is 56.6 Å². The molecule has 2 atom stereocenters. The van der Waals surface area contributed by atoms with Crippen LogP contribution in [0.3, 0.4) is 0 Å². The topological polar surface area (TPSA) is 3.24 Å². The zero-order valence-electron chi connectivity index (χ0n) is 9.83. The summed E-state index contributed by atoms with van der Waals surface area (Å²) in [6.07, 6.45) is 1.10. The molecule has 1 saturated heterocycles. The molecule has 1 aromatic rings. The van der Waals surface area contributed by atoms with Crippen molar-refractivity contribution in [3.63, 3.8) is 0 Å². The van der Waals surface area contributed by atoms with Crippen molar-refractivity contribution in [2.24, 2.45) is 0 Å². The summed E-state index contributed by atoms with van der Waals surface area (Å²) < 4.78 is 0. The van der Waals surface area contributed by atoms with E-state index in [4.69, 9.17) is 0 Å². The van der Waals surface area contributed by atoms with Gasteiger partial charge in [0, 0.05) is 24.7 Å². The Bertz CT molecular complexity index is 381. The van der Waals surface area contributed by atoms with Crippen molar-refractivity contribution < 1.29 is 0 Å². The molecule has 0 bridgehead atoms. The van der Waals surface area contributed by atoms with Gasteiger partial charge in [0.2, 0.25) is 0 Å². The summed E-state index contributed by atoms with van der Waals surface area (Å²) in [4.78, 5) is 2.30. The Kier molecular flexibility index (Phi) is 2.56. The molecule has 0 radical (unpaired) electrons. The average Bonchev–Trinajstić information content (AvgIpc) is 2.47. The summed E-state index contributed by atoms with van der Waals surface area (Å²) in [5.74, 6) is 0.615. The normalized spacial score (nSPS) is 26.1. The maximum absolute atomic E-state index is 4.12. The molecule has 0 amide bonds. The minimum absolute atomic E-state index is 0.568. The molecule has 0 aromatic heterocycles. The molecular weight excluding hydrogens is 182 g/mol. The van der Waals surface area contributed by atoms with Gasteiger partial charge >= 0.3 is 0 Å². The lowest BCUT2D eigenvalue weighted by Crippen LogP contribution is -2.24. The summed E-state index contributed by atoms with van der Waals surface area (Å²) in [6.45, 7) is 8.60. The summed E-state index contributed by atoms with van der Waals surface area (Å²) in [7, 11) is 2.14. The molecular formula is C14H19N. The summed E-state index contributed by atoms with van der Waals surface area (Å²) in [5, 5.41) is 0. The van der Waals surface area contributed by atoms with E-state index >= 15 is 0 Å². The molecule has 2 rings (SSSR count). The number of likely N-dealkylation sites (tertiary alicyclic amines) is 1. The van der Waals surface area contributed by atoms with Crippen LogP contribution in [-0.4, -0.2) is 18.0 Å². The SMILES string of the molecule is C=C1CC(c2ccccc2C)C(C)N1C. The molecule has 0 N–H and O–H groups in total. The third kappa shape index (κ3) is 1.67.